The fraction of sp³-hybridized carbons (Fsp3) is 0.333. The molecule has 0 radical (unpaired) electrons. The average Bonchev–Trinajstić information content (AvgIpc) is 2.68. The summed E-state index contributed by atoms with van der Waals surface area (Å²) in [6, 6.07) is 17.0. The molecular weight excluding hydrogens is 328 g/mol. The quantitative estimate of drug-likeness (QED) is 0.899. The molecule has 2 amide bonds. The Hall–Kier alpha value is -2.82. The average molecular weight is 352 g/mol. The number of para-hydroxylation sites is 1. The van der Waals surface area contributed by atoms with Gasteiger partial charge in [0.25, 0.3) is 5.91 Å². The van der Waals surface area contributed by atoms with Gasteiger partial charge in [-0.1, -0.05) is 35.9 Å². The van der Waals surface area contributed by atoms with Crippen LogP contribution in [0.15, 0.2) is 54.6 Å². The number of amides is 2. The van der Waals surface area contributed by atoms with Crippen molar-refractivity contribution in [3.8, 4) is 5.75 Å². The SMILES string of the molecule is Cc1ccc(OCC(=O)N2CCC[C@@H](C(=O)Nc3ccccc3)C2)cc1. The maximum atomic E-state index is 12.5. The Morgan fingerprint density at radius 1 is 1.12 bits per heavy atom. The summed E-state index contributed by atoms with van der Waals surface area (Å²) in [6.45, 7) is 3.11. The van der Waals surface area contributed by atoms with Gasteiger partial charge < -0.3 is 15.0 Å². The number of nitrogens with zero attached hydrogens (tertiary/aromatic N) is 1. The van der Waals surface area contributed by atoms with Crippen molar-refractivity contribution in [3.05, 3.63) is 60.2 Å². The predicted molar refractivity (Wildman–Crippen MR) is 101 cm³/mol. The maximum absolute atomic E-state index is 12.5. The van der Waals surface area contributed by atoms with E-state index in [-0.39, 0.29) is 24.3 Å². The van der Waals surface area contributed by atoms with Crippen molar-refractivity contribution in [1.82, 2.24) is 4.90 Å². The van der Waals surface area contributed by atoms with Crippen LogP contribution >= 0.6 is 0 Å². The molecule has 1 atom stereocenters. The molecule has 2 aromatic carbocycles. The largest absolute Gasteiger partial charge is 0.484 e. The number of ether oxygens (including phenoxy) is 1. The molecule has 1 fully saturated rings. The van der Waals surface area contributed by atoms with E-state index >= 15 is 0 Å². The van der Waals surface area contributed by atoms with E-state index in [9.17, 15) is 9.59 Å². The molecule has 5 heteroatoms. The molecule has 1 N–H and O–H groups in total. The van der Waals surface area contributed by atoms with Gasteiger partial charge in [-0.2, -0.15) is 0 Å². The fourth-order valence-electron chi connectivity index (χ4n) is 3.05. The van der Waals surface area contributed by atoms with E-state index < -0.39 is 0 Å². The Balaban J connectivity index is 1.51. The lowest BCUT2D eigenvalue weighted by molar-refractivity contribution is -0.136. The number of piperidine rings is 1. The molecule has 5 nitrogen and oxygen atoms in total. The second kappa shape index (κ2) is 8.52. The highest BCUT2D eigenvalue weighted by atomic mass is 16.5. The highest BCUT2D eigenvalue weighted by Crippen LogP contribution is 2.19. The zero-order valence-corrected chi connectivity index (χ0v) is 15.0. The third kappa shape index (κ3) is 4.85. The molecule has 2 aromatic rings. The van der Waals surface area contributed by atoms with Gasteiger partial charge in [0, 0.05) is 18.8 Å². The highest BCUT2D eigenvalue weighted by molar-refractivity contribution is 5.93. The molecule has 0 saturated carbocycles. The van der Waals surface area contributed by atoms with Crippen LogP contribution in [-0.2, 0) is 9.59 Å². The fourth-order valence-corrected chi connectivity index (χ4v) is 3.05. The van der Waals surface area contributed by atoms with Crippen LogP contribution in [0, 0.1) is 12.8 Å². The molecule has 26 heavy (non-hydrogen) atoms. The van der Waals surface area contributed by atoms with Crippen molar-refractivity contribution in [1.29, 1.82) is 0 Å². The Kier molecular flexibility index (Phi) is 5.89. The van der Waals surface area contributed by atoms with Crippen LogP contribution in [-0.4, -0.2) is 36.4 Å². The molecule has 1 aliphatic rings. The van der Waals surface area contributed by atoms with Crippen LogP contribution in [0.3, 0.4) is 0 Å². The maximum Gasteiger partial charge on any atom is 0.260 e. The van der Waals surface area contributed by atoms with Gasteiger partial charge in [0.15, 0.2) is 6.61 Å². The molecule has 0 aromatic heterocycles. The summed E-state index contributed by atoms with van der Waals surface area (Å²) in [5.41, 5.74) is 1.93. The number of carbonyl (C=O) groups is 2. The van der Waals surface area contributed by atoms with Crippen LogP contribution in [0.25, 0.3) is 0 Å². The van der Waals surface area contributed by atoms with Gasteiger partial charge in [-0.25, -0.2) is 0 Å². The van der Waals surface area contributed by atoms with Gasteiger partial charge in [0.2, 0.25) is 5.91 Å². The van der Waals surface area contributed by atoms with E-state index in [4.69, 9.17) is 4.74 Å². The third-order valence-electron chi connectivity index (χ3n) is 4.57. The monoisotopic (exact) mass is 352 g/mol. The molecule has 1 heterocycles. The van der Waals surface area contributed by atoms with E-state index in [1.54, 1.807) is 4.90 Å². The van der Waals surface area contributed by atoms with Crippen molar-refractivity contribution >= 4 is 17.5 Å². The van der Waals surface area contributed by atoms with Crippen LogP contribution < -0.4 is 10.1 Å². The number of benzene rings is 2. The summed E-state index contributed by atoms with van der Waals surface area (Å²) in [5.74, 6) is 0.377. The Labute approximate surface area is 154 Å². The highest BCUT2D eigenvalue weighted by Gasteiger charge is 2.28. The number of rotatable bonds is 5. The van der Waals surface area contributed by atoms with E-state index in [1.807, 2.05) is 61.5 Å². The Morgan fingerprint density at radius 2 is 1.85 bits per heavy atom. The zero-order chi connectivity index (χ0) is 18.4. The standard InChI is InChI=1S/C21H24N2O3/c1-16-9-11-19(12-10-16)26-15-20(24)23-13-5-6-17(14-23)21(25)22-18-7-3-2-4-8-18/h2-4,7-12,17H,5-6,13-15H2,1H3,(H,22,25)/t17-/m1/s1. The summed E-state index contributed by atoms with van der Waals surface area (Å²) in [7, 11) is 0. The molecule has 0 unspecified atom stereocenters. The minimum atomic E-state index is -0.188. The van der Waals surface area contributed by atoms with E-state index in [0.717, 1.165) is 24.1 Å². The normalized spacial score (nSPS) is 16.8. The first-order chi connectivity index (χ1) is 12.6. The molecular formula is C21H24N2O3. The van der Waals surface area contributed by atoms with Gasteiger partial charge in [0.05, 0.1) is 5.92 Å². The number of hydrogen-bond acceptors (Lipinski definition) is 3. The first-order valence-corrected chi connectivity index (χ1v) is 8.95. The van der Waals surface area contributed by atoms with Crippen molar-refractivity contribution in [2.45, 2.75) is 19.8 Å². The minimum Gasteiger partial charge on any atom is -0.484 e. The first kappa shape index (κ1) is 18.0. The molecule has 136 valence electrons. The molecule has 0 bridgehead atoms. The summed E-state index contributed by atoms with van der Waals surface area (Å²) < 4.78 is 5.58. The predicted octanol–water partition coefficient (Wildman–Crippen LogP) is 3.25. The van der Waals surface area contributed by atoms with Gasteiger partial charge in [-0.15, -0.1) is 0 Å². The topological polar surface area (TPSA) is 58.6 Å². The molecule has 1 saturated heterocycles. The van der Waals surface area contributed by atoms with Crippen molar-refractivity contribution in [2.75, 3.05) is 25.0 Å². The number of nitrogens with one attached hydrogen (secondary N) is 1. The van der Waals surface area contributed by atoms with Crippen molar-refractivity contribution < 1.29 is 14.3 Å². The van der Waals surface area contributed by atoms with Crippen LogP contribution in [0.2, 0.25) is 0 Å². The van der Waals surface area contributed by atoms with Gasteiger partial charge in [-0.3, -0.25) is 9.59 Å². The van der Waals surface area contributed by atoms with Gasteiger partial charge >= 0.3 is 0 Å². The van der Waals surface area contributed by atoms with Gasteiger partial charge in [0.1, 0.15) is 5.75 Å². The lowest BCUT2D eigenvalue weighted by Gasteiger charge is -2.32. The molecule has 3 rings (SSSR count). The van der Waals surface area contributed by atoms with Crippen LogP contribution in [0.4, 0.5) is 5.69 Å². The van der Waals surface area contributed by atoms with E-state index in [0.29, 0.717) is 18.8 Å². The lowest BCUT2D eigenvalue weighted by Crippen LogP contribution is -2.45. The smallest absolute Gasteiger partial charge is 0.260 e. The van der Waals surface area contributed by atoms with Crippen LogP contribution in [0.5, 0.6) is 5.75 Å². The van der Waals surface area contributed by atoms with Crippen molar-refractivity contribution in [3.63, 3.8) is 0 Å². The third-order valence-corrected chi connectivity index (χ3v) is 4.57. The zero-order valence-electron chi connectivity index (χ0n) is 15.0. The number of anilines is 1. The van der Waals surface area contributed by atoms with E-state index in [1.165, 1.54) is 0 Å². The molecule has 0 aliphatic carbocycles. The first-order valence-electron chi connectivity index (χ1n) is 8.95. The molecule has 0 spiro atoms. The van der Waals surface area contributed by atoms with Crippen molar-refractivity contribution in [2.24, 2.45) is 5.92 Å². The Morgan fingerprint density at radius 3 is 2.58 bits per heavy atom. The Bertz CT molecular complexity index is 744. The lowest BCUT2D eigenvalue weighted by atomic mass is 9.97. The summed E-state index contributed by atoms with van der Waals surface area (Å²) in [4.78, 5) is 26.6. The minimum absolute atomic E-state index is 0.00388. The van der Waals surface area contributed by atoms with E-state index in [2.05, 4.69) is 5.32 Å². The molecule has 1 aliphatic heterocycles. The van der Waals surface area contributed by atoms with Gasteiger partial charge in [-0.05, 0) is 44.0 Å². The van der Waals surface area contributed by atoms with Crippen LogP contribution in [0.1, 0.15) is 18.4 Å². The second-order valence-corrected chi connectivity index (χ2v) is 6.64. The summed E-state index contributed by atoms with van der Waals surface area (Å²) in [5, 5.41) is 2.93. The number of hydrogen-bond donors (Lipinski definition) is 1. The number of carbonyl (C=O) groups excluding carboxylic acids is 2. The summed E-state index contributed by atoms with van der Waals surface area (Å²) in [6.07, 6.45) is 1.62. The second-order valence-electron chi connectivity index (χ2n) is 6.64. The number of likely N-dealkylation sites (tertiary alicyclic amines) is 1. The number of aryl methyl sites for hydroxylation is 1. The summed E-state index contributed by atoms with van der Waals surface area (Å²) >= 11 is 0.